The molecule has 0 saturated carbocycles. The molecule has 166 valence electrons. The number of rotatable bonds is 8. The third-order valence-corrected chi connectivity index (χ3v) is 5.10. The molecular weight excluding hydrogens is 498 g/mol. The number of piperidine rings is 1. The molecule has 1 aliphatic heterocycles. The van der Waals surface area contributed by atoms with Crippen molar-refractivity contribution in [1.82, 2.24) is 15.5 Å². The Bertz CT molecular complexity index is 777. The maximum Gasteiger partial charge on any atom is 0.191 e. The summed E-state index contributed by atoms with van der Waals surface area (Å²) in [6.07, 6.45) is 4.54. The summed E-state index contributed by atoms with van der Waals surface area (Å²) < 4.78 is 24.2. The summed E-state index contributed by atoms with van der Waals surface area (Å²) >= 11 is 0. The number of methoxy groups -OCH3 is 1. The zero-order valence-corrected chi connectivity index (χ0v) is 20.0. The Morgan fingerprint density at radius 1 is 1.30 bits per heavy atom. The third-order valence-electron chi connectivity index (χ3n) is 5.10. The Morgan fingerprint density at radius 2 is 2.10 bits per heavy atom. The van der Waals surface area contributed by atoms with E-state index in [1.54, 1.807) is 18.4 Å². The van der Waals surface area contributed by atoms with Gasteiger partial charge in [0.2, 0.25) is 0 Å². The quantitative estimate of drug-likeness (QED) is 0.309. The van der Waals surface area contributed by atoms with E-state index in [-0.39, 0.29) is 29.8 Å². The summed E-state index contributed by atoms with van der Waals surface area (Å²) in [5, 5.41) is 6.87. The summed E-state index contributed by atoms with van der Waals surface area (Å²) in [5.74, 6) is 1.80. The van der Waals surface area contributed by atoms with Crippen LogP contribution in [-0.4, -0.2) is 50.2 Å². The lowest BCUT2D eigenvalue weighted by Crippen LogP contribution is -2.48. The van der Waals surface area contributed by atoms with E-state index >= 15 is 0 Å². The number of likely N-dealkylation sites (tertiary alicyclic amines) is 1. The van der Waals surface area contributed by atoms with Crippen molar-refractivity contribution in [2.24, 2.45) is 4.99 Å². The summed E-state index contributed by atoms with van der Waals surface area (Å²) in [6, 6.07) is 9.46. The Balaban J connectivity index is 0.00000320. The van der Waals surface area contributed by atoms with Gasteiger partial charge in [-0.2, -0.15) is 0 Å². The number of ether oxygens (including phenoxy) is 1. The van der Waals surface area contributed by atoms with E-state index in [2.05, 4.69) is 27.4 Å². The average Bonchev–Trinajstić information content (AvgIpc) is 3.23. The number of hydrogen-bond donors (Lipinski definition) is 2. The van der Waals surface area contributed by atoms with Gasteiger partial charge in [-0.3, -0.25) is 9.89 Å². The first-order valence-electron chi connectivity index (χ1n) is 10.3. The van der Waals surface area contributed by atoms with Gasteiger partial charge in [-0.05, 0) is 49.6 Å². The number of hydrogen-bond acceptors (Lipinski definition) is 4. The minimum atomic E-state index is -0.303. The molecule has 0 spiro atoms. The molecule has 2 aromatic rings. The molecule has 3 rings (SSSR count). The zero-order chi connectivity index (χ0) is 20.5. The molecule has 0 radical (unpaired) electrons. The zero-order valence-electron chi connectivity index (χ0n) is 17.7. The summed E-state index contributed by atoms with van der Waals surface area (Å²) in [7, 11) is 1.48. The van der Waals surface area contributed by atoms with Gasteiger partial charge in [0.15, 0.2) is 17.5 Å². The van der Waals surface area contributed by atoms with Gasteiger partial charge in [-0.15, -0.1) is 24.0 Å². The highest BCUT2D eigenvalue weighted by Crippen LogP contribution is 2.20. The van der Waals surface area contributed by atoms with Crippen LogP contribution in [0.15, 0.2) is 46.0 Å². The molecule has 2 N–H and O–H groups in total. The molecule has 0 amide bonds. The van der Waals surface area contributed by atoms with Crippen LogP contribution < -0.4 is 15.4 Å². The van der Waals surface area contributed by atoms with Crippen LogP contribution in [0.3, 0.4) is 0 Å². The molecule has 1 aromatic carbocycles. The lowest BCUT2D eigenvalue weighted by molar-refractivity contribution is 0.198. The second-order valence-electron chi connectivity index (χ2n) is 7.25. The lowest BCUT2D eigenvalue weighted by Gasteiger charge is -2.33. The number of benzene rings is 1. The van der Waals surface area contributed by atoms with Gasteiger partial charge in [0.05, 0.1) is 13.4 Å². The van der Waals surface area contributed by atoms with Gasteiger partial charge < -0.3 is 19.8 Å². The van der Waals surface area contributed by atoms with E-state index in [9.17, 15) is 4.39 Å². The molecule has 1 aliphatic rings. The molecule has 0 aliphatic carbocycles. The minimum Gasteiger partial charge on any atom is -0.494 e. The highest BCUT2D eigenvalue weighted by atomic mass is 127. The van der Waals surface area contributed by atoms with Gasteiger partial charge in [-0.25, -0.2) is 4.39 Å². The molecule has 8 heteroatoms. The first-order chi connectivity index (χ1) is 14.2. The van der Waals surface area contributed by atoms with Crippen molar-refractivity contribution in [3.63, 3.8) is 0 Å². The predicted octanol–water partition coefficient (Wildman–Crippen LogP) is 3.81. The molecule has 0 unspecified atom stereocenters. The van der Waals surface area contributed by atoms with Gasteiger partial charge in [0, 0.05) is 45.2 Å². The van der Waals surface area contributed by atoms with Crippen LogP contribution in [0.5, 0.6) is 5.75 Å². The Labute approximate surface area is 195 Å². The first-order valence-corrected chi connectivity index (χ1v) is 10.3. The molecule has 1 aromatic heterocycles. The Hall–Kier alpha value is -1.81. The van der Waals surface area contributed by atoms with E-state index in [0.717, 1.165) is 62.7 Å². The number of halogens is 2. The average molecular weight is 530 g/mol. The molecule has 0 bridgehead atoms. The predicted molar refractivity (Wildman–Crippen MR) is 128 cm³/mol. The standard InChI is InChI=1S/C22H31FN4O2.HI/c1-3-24-22(25-11-8-19-5-4-14-29-19)26-18-9-12-27(13-10-18)16-17-6-7-21(28-2)20(23)15-17;/h4-7,14-15,18H,3,8-13,16H2,1-2H3,(H2,24,25,26);1H. The highest BCUT2D eigenvalue weighted by molar-refractivity contribution is 14.0. The SMILES string of the molecule is CCNC(=NCCc1ccco1)NC1CCN(Cc2ccc(OC)c(F)c2)CC1.I. The largest absolute Gasteiger partial charge is 0.494 e. The number of guanidine groups is 1. The van der Waals surface area contributed by atoms with Crippen LogP contribution in [0.2, 0.25) is 0 Å². The summed E-state index contributed by atoms with van der Waals surface area (Å²) in [4.78, 5) is 7.02. The van der Waals surface area contributed by atoms with Crippen LogP contribution in [0, 0.1) is 5.82 Å². The van der Waals surface area contributed by atoms with Crippen molar-refractivity contribution in [2.45, 2.75) is 38.8 Å². The van der Waals surface area contributed by atoms with Crippen LogP contribution in [-0.2, 0) is 13.0 Å². The minimum absolute atomic E-state index is 0. The smallest absolute Gasteiger partial charge is 0.191 e. The van der Waals surface area contributed by atoms with E-state index < -0.39 is 0 Å². The second kappa shape index (κ2) is 12.8. The van der Waals surface area contributed by atoms with Crippen LogP contribution in [0.25, 0.3) is 0 Å². The number of nitrogens with zero attached hydrogens (tertiary/aromatic N) is 2. The van der Waals surface area contributed by atoms with Gasteiger partial charge in [0.1, 0.15) is 5.76 Å². The number of aliphatic imine (C=N–C) groups is 1. The van der Waals surface area contributed by atoms with Crippen molar-refractivity contribution in [1.29, 1.82) is 0 Å². The topological polar surface area (TPSA) is 62.0 Å². The highest BCUT2D eigenvalue weighted by Gasteiger charge is 2.20. The summed E-state index contributed by atoms with van der Waals surface area (Å²) in [6.45, 7) is 6.28. The maximum absolute atomic E-state index is 13.9. The normalized spacial score (nSPS) is 15.5. The fourth-order valence-electron chi connectivity index (χ4n) is 3.55. The van der Waals surface area contributed by atoms with Crippen LogP contribution in [0.4, 0.5) is 4.39 Å². The van der Waals surface area contributed by atoms with Crippen molar-refractivity contribution >= 4 is 29.9 Å². The monoisotopic (exact) mass is 530 g/mol. The lowest BCUT2D eigenvalue weighted by atomic mass is 10.0. The van der Waals surface area contributed by atoms with Crippen LogP contribution >= 0.6 is 24.0 Å². The Morgan fingerprint density at radius 3 is 2.73 bits per heavy atom. The van der Waals surface area contributed by atoms with Gasteiger partial charge in [0.25, 0.3) is 0 Å². The maximum atomic E-state index is 13.9. The third kappa shape index (κ3) is 7.46. The number of nitrogens with one attached hydrogen (secondary N) is 2. The van der Waals surface area contributed by atoms with Crippen LogP contribution in [0.1, 0.15) is 31.1 Å². The Kier molecular flexibility index (Phi) is 10.4. The fourth-order valence-corrected chi connectivity index (χ4v) is 3.55. The van der Waals surface area contributed by atoms with Gasteiger partial charge >= 0.3 is 0 Å². The molecule has 0 atom stereocenters. The van der Waals surface area contributed by atoms with E-state index in [0.29, 0.717) is 18.3 Å². The molecule has 6 nitrogen and oxygen atoms in total. The van der Waals surface area contributed by atoms with Crippen molar-refractivity contribution in [3.05, 3.63) is 53.7 Å². The van der Waals surface area contributed by atoms with E-state index in [1.165, 1.54) is 7.11 Å². The van der Waals surface area contributed by atoms with Crippen molar-refractivity contribution in [3.8, 4) is 5.75 Å². The molecule has 2 heterocycles. The van der Waals surface area contributed by atoms with E-state index in [4.69, 9.17) is 9.15 Å². The first kappa shape index (κ1) is 24.5. The molecule has 30 heavy (non-hydrogen) atoms. The van der Waals surface area contributed by atoms with Crippen molar-refractivity contribution < 1.29 is 13.5 Å². The van der Waals surface area contributed by atoms with Gasteiger partial charge in [-0.1, -0.05) is 6.07 Å². The second-order valence-corrected chi connectivity index (χ2v) is 7.25. The van der Waals surface area contributed by atoms with E-state index in [1.807, 2.05) is 18.2 Å². The molecule has 1 saturated heterocycles. The fraction of sp³-hybridized carbons (Fsp3) is 0.500. The van der Waals surface area contributed by atoms with Crippen molar-refractivity contribution in [2.75, 3.05) is 33.3 Å². The summed E-state index contributed by atoms with van der Waals surface area (Å²) in [5.41, 5.74) is 0.975. The molecular formula is C22H32FIN4O2. The molecule has 1 fully saturated rings. The number of furan rings is 1.